The van der Waals surface area contributed by atoms with Crippen molar-refractivity contribution in [3.05, 3.63) is 51.5 Å². The fourth-order valence-electron chi connectivity index (χ4n) is 2.03. The van der Waals surface area contributed by atoms with Gasteiger partial charge in [0.15, 0.2) is 0 Å². The molecule has 0 spiro atoms. The molecular weight excluding hydrogens is 252 g/mol. The van der Waals surface area contributed by atoms with Crippen molar-refractivity contribution in [2.45, 2.75) is 46.2 Å². The van der Waals surface area contributed by atoms with Crippen molar-refractivity contribution >= 4 is 11.3 Å². The van der Waals surface area contributed by atoms with Crippen LogP contribution >= 0.6 is 11.3 Å². The highest BCUT2D eigenvalue weighted by Gasteiger charge is 2.07. The molecule has 0 aliphatic heterocycles. The van der Waals surface area contributed by atoms with Gasteiger partial charge in [0.1, 0.15) is 0 Å². The van der Waals surface area contributed by atoms with Gasteiger partial charge >= 0.3 is 0 Å². The lowest BCUT2D eigenvalue weighted by Crippen LogP contribution is -2.18. The van der Waals surface area contributed by atoms with E-state index in [1.807, 2.05) is 6.92 Å². The molecule has 1 aromatic carbocycles. The van der Waals surface area contributed by atoms with Crippen molar-refractivity contribution in [3.8, 4) is 0 Å². The zero-order valence-electron chi connectivity index (χ0n) is 12.1. The molecule has 2 nitrogen and oxygen atoms in total. The molecule has 0 bridgehead atoms. The third kappa shape index (κ3) is 3.88. The van der Waals surface area contributed by atoms with Gasteiger partial charge in [0.25, 0.3) is 0 Å². The van der Waals surface area contributed by atoms with Crippen LogP contribution in [-0.4, -0.2) is 4.98 Å². The van der Waals surface area contributed by atoms with Gasteiger partial charge in [-0.15, -0.1) is 11.3 Å². The third-order valence-corrected chi connectivity index (χ3v) is 4.18. The number of hydrogen-bond acceptors (Lipinski definition) is 3. The van der Waals surface area contributed by atoms with Crippen LogP contribution in [0.25, 0.3) is 0 Å². The molecule has 19 heavy (non-hydrogen) atoms. The highest BCUT2D eigenvalue weighted by atomic mass is 32.1. The molecule has 1 N–H and O–H groups in total. The summed E-state index contributed by atoms with van der Waals surface area (Å²) < 4.78 is 0. The fourth-order valence-corrected chi connectivity index (χ4v) is 2.65. The van der Waals surface area contributed by atoms with E-state index < -0.39 is 0 Å². The Hall–Kier alpha value is -1.19. The second-order valence-electron chi connectivity index (χ2n) is 5.28. The summed E-state index contributed by atoms with van der Waals surface area (Å²) in [6.07, 6.45) is 0. The normalized spacial score (nSPS) is 12.9. The van der Waals surface area contributed by atoms with Gasteiger partial charge in [-0.3, -0.25) is 0 Å². The quantitative estimate of drug-likeness (QED) is 0.872. The van der Waals surface area contributed by atoms with Crippen LogP contribution in [0.4, 0.5) is 0 Å². The predicted octanol–water partition coefficient (Wildman–Crippen LogP) is 4.43. The summed E-state index contributed by atoms with van der Waals surface area (Å²) in [5.41, 5.74) is 3.86. The number of thiazole rings is 1. The molecule has 1 atom stereocenters. The van der Waals surface area contributed by atoms with Crippen LogP contribution in [0.15, 0.2) is 29.6 Å². The SMILES string of the molecule is Cc1nc(CNC(C)c2ccc(C(C)C)cc2)cs1. The van der Waals surface area contributed by atoms with Gasteiger partial charge in [-0.05, 0) is 30.9 Å². The number of nitrogens with one attached hydrogen (secondary N) is 1. The van der Waals surface area contributed by atoms with Gasteiger partial charge in [-0.2, -0.15) is 0 Å². The van der Waals surface area contributed by atoms with E-state index in [2.05, 4.69) is 60.7 Å². The average Bonchev–Trinajstić information content (AvgIpc) is 2.82. The van der Waals surface area contributed by atoms with E-state index in [1.165, 1.54) is 11.1 Å². The topological polar surface area (TPSA) is 24.9 Å². The van der Waals surface area contributed by atoms with Gasteiger partial charge in [0.05, 0.1) is 10.7 Å². The summed E-state index contributed by atoms with van der Waals surface area (Å²) in [5.74, 6) is 0.593. The number of hydrogen-bond donors (Lipinski definition) is 1. The van der Waals surface area contributed by atoms with E-state index >= 15 is 0 Å². The Bertz CT molecular complexity index is 514. The third-order valence-electron chi connectivity index (χ3n) is 3.36. The van der Waals surface area contributed by atoms with Crippen molar-refractivity contribution in [2.24, 2.45) is 0 Å². The molecule has 0 saturated heterocycles. The molecular formula is C16H22N2S. The van der Waals surface area contributed by atoms with E-state index in [9.17, 15) is 0 Å². The zero-order chi connectivity index (χ0) is 13.8. The van der Waals surface area contributed by atoms with Crippen LogP contribution < -0.4 is 5.32 Å². The molecule has 0 aliphatic rings. The van der Waals surface area contributed by atoms with Gasteiger partial charge in [0, 0.05) is 18.0 Å². The van der Waals surface area contributed by atoms with Gasteiger partial charge in [-0.1, -0.05) is 38.1 Å². The first-order valence-electron chi connectivity index (χ1n) is 6.80. The van der Waals surface area contributed by atoms with Crippen molar-refractivity contribution in [3.63, 3.8) is 0 Å². The smallest absolute Gasteiger partial charge is 0.0897 e. The van der Waals surface area contributed by atoms with E-state index in [1.54, 1.807) is 11.3 Å². The first-order valence-corrected chi connectivity index (χ1v) is 7.68. The molecule has 3 heteroatoms. The van der Waals surface area contributed by atoms with Crippen molar-refractivity contribution in [2.75, 3.05) is 0 Å². The Balaban J connectivity index is 1.94. The monoisotopic (exact) mass is 274 g/mol. The summed E-state index contributed by atoms with van der Waals surface area (Å²) in [5, 5.41) is 6.77. The molecule has 0 amide bonds. The van der Waals surface area contributed by atoms with Crippen LogP contribution in [0.5, 0.6) is 0 Å². The summed E-state index contributed by atoms with van der Waals surface area (Å²) in [7, 11) is 0. The molecule has 1 unspecified atom stereocenters. The lowest BCUT2D eigenvalue weighted by molar-refractivity contribution is 0.568. The number of rotatable bonds is 5. The maximum absolute atomic E-state index is 4.47. The lowest BCUT2D eigenvalue weighted by atomic mass is 9.99. The minimum absolute atomic E-state index is 0.350. The average molecular weight is 274 g/mol. The van der Waals surface area contributed by atoms with Crippen molar-refractivity contribution in [1.82, 2.24) is 10.3 Å². The van der Waals surface area contributed by atoms with Crippen LogP contribution in [0.1, 0.15) is 54.6 Å². The minimum atomic E-state index is 0.350. The van der Waals surface area contributed by atoms with Crippen molar-refractivity contribution in [1.29, 1.82) is 0 Å². The fraction of sp³-hybridized carbons (Fsp3) is 0.438. The maximum atomic E-state index is 4.47. The maximum Gasteiger partial charge on any atom is 0.0897 e. The van der Waals surface area contributed by atoms with Crippen LogP contribution in [0.2, 0.25) is 0 Å². The van der Waals surface area contributed by atoms with Crippen LogP contribution in [-0.2, 0) is 6.54 Å². The molecule has 0 saturated carbocycles. The summed E-state index contributed by atoms with van der Waals surface area (Å²) in [6.45, 7) is 9.52. The van der Waals surface area contributed by atoms with E-state index in [-0.39, 0.29) is 0 Å². The number of benzene rings is 1. The predicted molar refractivity (Wildman–Crippen MR) is 82.6 cm³/mol. The molecule has 102 valence electrons. The second kappa shape index (κ2) is 6.31. The summed E-state index contributed by atoms with van der Waals surface area (Å²) >= 11 is 1.71. The first kappa shape index (κ1) is 14.2. The van der Waals surface area contributed by atoms with Crippen LogP contribution in [0.3, 0.4) is 0 Å². The Kier molecular flexibility index (Phi) is 4.72. The van der Waals surface area contributed by atoms with E-state index in [0.29, 0.717) is 12.0 Å². The molecule has 1 heterocycles. The standard InChI is InChI=1S/C16H22N2S/c1-11(2)14-5-7-15(8-6-14)12(3)17-9-16-10-19-13(4)18-16/h5-8,10-12,17H,9H2,1-4H3. The molecule has 1 aromatic heterocycles. The molecule has 0 aliphatic carbocycles. The Morgan fingerprint density at radius 1 is 1.11 bits per heavy atom. The lowest BCUT2D eigenvalue weighted by Gasteiger charge is -2.14. The molecule has 2 aromatic rings. The second-order valence-corrected chi connectivity index (χ2v) is 6.34. The minimum Gasteiger partial charge on any atom is -0.305 e. The molecule has 0 fully saturated rings. The Labute approximate surface area is 119 Å². The van der Waals surface area contributed by atoms with Gasteiger partial charge in [-0.25, -0.2) is 4.98 Å². The van der Waals surface area contributed by atoms with Gasteiger partial charge < -0.3 is 5.32 Å². The Morgan fingerprint density at radius 2 is 1.74 bits per heavy atom. The van der Waals surface area contributed by atoms with Crippen LogP contribution in [0, 0.1) is 6.92 Å². The highest BCUT2D eigenvalue weighted by molar-refractivity contribution is 7.09. The first-order chi connectivity index (χ1) is 9.06. The number of aryl methyl sites for hydroxylation is 1. The number of aromatic nitrogens is 1. The summed E-state index contributed by atoms with van der Waals surface area (Å²) in [4.78, 5) is 4.47. The van der Waals surface area contributed by atoms with Gasteiger partial charge in [0.2, 0.25) is 0 Å². The largest absolute Gasteiger partial charge is 0.305 e. The van der Waals surface area contributed by atoms with E-state index in [4.69, 9.17) is 0 Å². The summed E-state index contributed by atoms with van der Waals surface area (Å²) in [6, 6.07) is 9.25. The zero-order valence-corrected chi connectivity index (χ0v) is 12.9. The highest BCUT2D eigenvalue weighted by Crippen LogP contribution is 2.19. The molecule has 2 rings (SSSR count). The number of nitrogens with zero attached hydrogens (tertiary/aromatic N) is 1. The Morgan fingerprint density at radius 3 is 2.26 bits per heavy atom. The van der Waals surface area contributed by atoms with Crippen molar-refractivity contribution < 1.29 is 0 Å². The molecule has 0 radical (unpaired) electrons. The van der Waals surface area contributed by atoms with E-state index in [0.717, 1.165) is 17.2 Å².